The molecular weight excluding hydrogens is 271 g/mol. The van der Waals surface area contributed by atoms with E-state index in [1.807, 2.05) is 12.1 Å². The number of fused-ring (bicyclic) bond motifs is 2. The SMILES string of the molecule is O=C(O)c1cc2nc(C3Cc4ccccc43)[nH]c2cc1F. The van der Waals surface area contributed by atoms with Crippen LogP contribution in [0.1, 0.15) is 33.2 Å². The summed E-state index contributed by atoms with van der Waals surface area (Å²) in [6.07, 6.45) is 0.893. The second-order valence-electron chi connectivity index (χ2n) is 5.23. The van der Waals surface area contributed by atoms with Crippen LogP contribution in [0.2, 0.25) is 0 Å². The first kappa shape index (κ1) is 12.1. The molecule has 21 heavy (non-hydrogen) atoms. The van der Waals surface area contributed by atoms with Crippen molar-refractivity contribution in [2.24, 2.45) is 0 Å². The Labute approximate surface area is 119 Å². The van der Waals surface area contributed by atoms with Crippen molar-refractivity contribution in [3.8, 4) is 0 Å². The molecule has 2 aromatic carbocycles. The van der Waals surface area contributed by atoms with Gasteiger partial charge in [-0.2, -0.15) is 0 Å². The van der Waals surface area contributed by atoms with E-state index in [0.717, 1.165) is 12.2 Å². The van der Waals surface area contributed by atoms with Gasteiger partial charge in [-0.05, 0) is 23.6 Å². The van der Waals surface area contributed by atoms with Gasteiger partial charge < -0.3 is 10.1 Å². The standard InChI is InChI=1S/C16H11FN2O2/c17-12-7-14-13(6-11(12)16(20)21)18-15(19-14)10-5-8-3-1-2-4-9(8)10/h1-4,6-7,10H,5H2,(H,18,19)(H,20,21). The highest BCUT2D eigenvalue weighted by atomic mass is 19.1. The summed E-state index contributed by atoms with van der Waals surface area (Å²) in [6, 6.07) is 10.6. The highest BCUT2D eigenvalue weighted by molar-refractivity contribution is 5.92. The van der Waals surface area contributed by atoms with E-state index < -0.39 is 11.8 Å². The van der Waals surface area contributed by atoms with Crippen LogP contribution in [-0.2, 0) is 6.42 Å². The van der Waals surface area contributed by atoms with Gasteiger partial charge in [0.1, 0.15) is 11.6 Å². The van der Waals surface area contributed by atoms with Crippen LogP contribution in [0, 0.1) is 5.82 Å². The Morgan fingerprint density at radius 2 is 2.14 bits per heavy atom. The average molecular weight is 282 g/mol. The Morgan fingerprint density at radius 3 is 2.90 bits per heavy atom. The number of H-pyrrole nitrogens is 1. The summed E-state index contributed by atoms with van der Waals surface area (Å²) in [5, 5.41) is 8.95. The van der Waals surface area contributed by atoms with Crippen LogP contribution in [0.25, 0.3) is 11.0 Å². The van der Waals surface area contributed by atoms with Crippen molar-refractivity contribution in [2.45, 2.75) is 12.3 Å². The smallest absolute Gasteiger partial charge is 0.338 e. The maximum Gasteiger partial charge on any atom is 0.338 e. The molecule has 4 nitrogen and oxygen atoms in total. The van der Waals surface area contributed by atoms with Crippen LogP contribution >= 0.6 is 0 Å². The van der Waals surface area contributed by atoms with Crippen LogP contribution < -0.4 is 0 Å². The zero-order valence-electron chi connectivity index (χ0n) is 10.9. The first-order chi connectivity index (χ1) is 10.1. The highest BCUT2D eigenvalue weighted by Gasteiger charge is 2.29. The molecule has 0 radical (unpaired) electrons. The maximum absolute atomic E-state index is 13.7. The molecule has 0 aliphatic heterocycles. The summed E-state index contributed by atoms with van der Waals surface area (Å²) in [5.41, 5.74) is 3.16. The average Bonchev–Trinajstić information content (AvgIpc) is 2.81. The molecule has 0 spiro atoms. The number of aromatic amines is 1. The van der Waals surface area contributed by atoms with Gasteiger partial charge >= 0.3 is 5.97 Å². The number of rotatable bonds is 2. The van der Waals surface area contributed by atoms with E-state index in [0.29, 0.717) is 11.0 Å². The first-order valence-electron chi connectivity index (χ1n) is 6.64. The van der Waals surface area contributed by atoms with Crippen LogP contribution in [-0.4, -0.2) is 21.0 Å². The molecule has 0 amide bonds. The molecule has 1 aromatic heterocycles. The Hall–Kier alpha value is -2.69. The number of halogens is 1. The van der Waals surface area contributed by atoms with E-state index in [2.05, 4.69) is 22.1 Å². The van der Waals surface area contributed by atoms with Crippen molar-refractivity contribution < 1.29 is 14.3 Å². The zero-order chi connectivity index (χ0) is 14.6. The number of benzene rings is 2. The molecule has 1 aliphatic carbocycles. The molecule has 1 atom stereocenters. The van der Waals surface area contributed by atoms with E-state index in [-0.39, 0.29) is 11.5 Å². The summed E-state index contributed by atoms with van der Waals surface area (Å²) in [4.78, 5) is 18.5. The Kier molecular flexibility index (Phi) is 2.39. The second-order valence-corrected chi connectivity index (χ2v) is 5.23. The van der Waals surface area contributed by atoms with Gasteiger partial charge in [-0.1, -0.05) is 24.3 Å². The predicted octanol–water partition coefficient (Wildman–Crippen LogP) is 3.09. The second kappa shape index (κ2) is 4.15. The summed E-state index contributed by atoms with van der Waals surface area (Å²) in [7, 11) is 0. The van der Waals surface area contributed by atoms with E-state index in [1.54, 1.807) is 0 Å². The number of aromatic carboxylic acids is 1. The number of carboxylic acids is 1. The molecule has 5 heteroatoms. The quantitative estimate of drug-likeness (QED) is 0.759. The number of aromatic nitrogens is 2. The summed E-state index contributed by atoms with van der Waals surface area (Å²) < 4.78 is 13.7. The number of carbonyl (C=O) groups is 1. The van der Waals surface area contributed by atoms with E-state index in [1.165, 1.54) is 23.3 Å². The molecule has 0 bridgehead atoms. The van der Waals surface area contributed by atoms with Crippen LogP contribution in [0.15, 0.2) is 36.4 Å². The van der Waals surface area contributed by atoms with Gasteiger partial charge in [0.2, 0.25) is 0 Å². The number of hydrogen-bond donors (Lipinski definition) is 2. The lowest BCUT2D eigenvalue weighted by molar-refractivity contribution is 0.0692. The van der Waals surface area contributed by atoms with Gasteiger partial charge in [0.15, 0.2) is 0 Å². The van der Waals surface area contributed by atoms with Crippen molar-refractivity contribution in [3.05, 3.63) is 64.7 Å². The third-order valence-corrected chi connectivity index (χ3v) is 4.00. The lowest BCUT2D eigenvalue weighted by Crippen LogP contribution is -2.18. The van der Waals surface area contributed by atoms with Crippen molar-refractivity contribution in [1.29, 1.82) is 0 Å². The molecular formula is C16H11FN2O2. The molecule has 4 rings (SSSR count). The maximum atomic E-state index is 13.7. The molecule has 2 N–H and O–H groups in total. The Morgan fingerprint density at radius 1 is 1.33 bits per heavy atom. The fourth-order valence-corrected chi connectivity index (χ4v) is 2.88. The normalized spacial score (nSPS) is 16.5. The fraction of sp³-hybridized carbons (Fsp3) is 0.125. The van der Waals surface area contributed by atoms with E-state index >= 15 is 0 Å². The summed E-state index contributed by atoms with van der Waals surface area (Å²) >= 11 is 0. The van der Waals surface area contributed by atoms with Crippen molar-refractivity contribution in [2.75, 3.05) is 0 Å². The van der Waals surface area contributed by atoms with Crippen molar-refractivity contribution >= 4 is 17.0 Å². The number of imidazole rings is 1. The minimum Gasteiger partial charge on any atom is -0.478 e. The number of nitrogens with one attached hydrogen (secondary N) is 1. The van der Waals surface area contributed by atoms with Gasteiger partial charge in [0.25, 0.3) is 0 Å². The first-order valence-corrected chi connectivity index (χ1v) is 6.64. The molecule has 1 heterocycles. The third kappa shape index (κ3) is 1.74. The van der Waals surface area contributed by atoms with Crippen LogP contribution in [0.5, 0.6) is 0 Å². The lowest BCUT2D eigenvalue weighted by atomic mass is 9.77. The summed E-state index contributed by atoms with van der Waals surface area (Å²) in [5.74, 6) is -1.11. The topological polar surface area (TPSA) is 66.0 Å². The number of nitrogens with zero attached hydrogens (tertiary/aromatic N) is 1. The number of carboxylic acid groups (broad SMARTS) is 1. The molecule has 0 fully saturated rings. The molecule has 0 saturated carbocycles. The van der Waals surface area contributed by atoms with Crippen LogP contribution in [0.3, 0.4) is 0 Å². The van der Waals surface area contributed by atoms with Crippen LogP contribution in [0.4, 0.5) is 4.39 Å². The summed E-state index contributed by atoms with van der Waals surface area (Å²) in [6.45, 7) is 0. The lowest BCUT2D eigenvalue weighted by Gasteiger charge is -2.28. The van der Waals surface area contributed by atoms with Gasteiger partial charge in [-0.15, -0.1) is 0 Å². The van der Waals surface area contributed by atoms with E-state index in [4.69, 9.17) is 5.11 Å². The minimum atomic E-state index is -1.28. The minimum absolute atomic E-state index is 0.171. The largest absolute Gasteiger partial charge is 0.478 e. The van der Waals surface area contributed by atoms with Gasteiger partial charge in [0, 0.05) is 12.0 Å². The predicted molar refractivity (Wildman–Crippen MR) is 75.0 cm³/mol. The van der Waals surface area contributed by atoms with Crippen molar-refractivity contribution in [1.82, 2.24) is 9.97 Å². The fourth-order valence-electron chi connectivity index (χ4n) is 2.88. The molecule has 104 valence electrons. The van der Waals surface area contributed by atoms with Gasteiger partial charge in [0.05, 0.1) is 16.6 Å². The Balaban J connectivity index is 1.81. The number of hydrogen-bond acceptors (Lipinski definition) is 2. The molecule has 3 aromatic rings. The van der Waals surface area contributed by atoms with E-state index in [9.17, 15) is 9.18 Å². The molecule has 1 aliphatic rings. The molecule has 0 saturated heterocycles. The van der Waals surface area contributed by atoms with Gasteiger partial charge in [-0.25, -0.2) is 14.2 Å². The van der Waals surface area contributed by atoms with Crippen molar-refractivity contribution in [3.63, 3.8) is 0 Å². The Bertz CT molecular complexity index is 885. The third-order valence-electron chi connectivity index (χ3n) is 4.00. The highest BCUT2D eigenvalue weighted by Crippen LogP contribution is 2.39. The zero-order valence-corrected chi connectivity index (χ0v) is 10.9. The monoisotopic (exact) mass is 282 g/mol. The molecule has 1 unspecified atom stereocenters. The van der Waals surface area contributed by atoms with Gasteiger partial charge in [-0.3, -0.25) is 0 Å².